The lowest BCUT2D eigenvalue weighted by atomic mass is 9.95. The SMILES string of the molecule is O=C(NCC1CCN(C2CCCC2)CC1)c1ccc(-c2ccccc2)cc1. The van der Waals surface area contributed by atoms with Crippen LogP contribution in [0.15, 0.2) is 54.6 Å². The van der Waals surface area contributed by atoms with Gasteiger partial charge in [0.25, 0.3) is 5.91 Å². The summed E-state index contributed by atoms with van der Waals surface area (Å²) >= 11 is 0. The number of hydrogen-bond acceptors (Lipinski definition) is 2. The zero-order chi connectivity index (χ0) is 18.5. The molecule has 142 valence electrons. The van der Waals surface area contributed by atoms with Gasteiger partial charge >= 0.3 is 0 Å². The quantitative estimate of drug-likeness (QED) is 0.833. The van der Waals surface area contributed by atoms with Gasteiger partial charge in [-0.05, 0) is 68.0 Å². The Morgan fingerprint density at radius 1 is 0.852 bits per heavy atom. The van der Waals surface area contributed by atoms with Gasteiger partial charge in [-0.1, -0.05) is 55.3 Å². The minimum Gasteiger partial charge on any atom is -0.352 e. The molecule has 27 heavy (non-hydrogen) atoms. The lowest BCUT2D eigenvalue weighted by Gasteiger charge is -2.36. The number of benzene rings is 2. The predicted molar refractivity (Wildman–Crippen MR) is 111 cm³/mol. The summed E-state index contributed by atoms with van der Waals surface area (Å²) in [4.78, 5) is 15.2. The molecule has 0 spiro atoms. The number of amides is 1. The zero-order valence-corrected chi connectivity index (χ0v) is 16.1. The lowest BCUT2D eigenvalue weighted by Crippen LogP contribution is -2.42. The second-order valence-corrected chi connectivity index (χ2v) is 8.07. The molecule has 1 saturated heterocycles. The van der Waals surface area contributed by atoms with E-state index in [0.717, 1.165) is 23.7 Å². The fraction of sp³-hybridized carbons (Fsp3) is 0.458. The Morgan fingerprint density at radius 2 is 1.48 bits per heavy atom. The molecule has 0 aromatic heterocycles. The molecule has 0 bridgehead atoms. The molecule has 1 heterocycles. The Bertz CT molecular complexity index is 727. The molecule has 4 rings (SSSR count). The topological polar surface area (TPSA) is 32.3 Å². The fourth-order valence-electron chi connectivity index (χ4n) is 4.58. The van der Waals surface area contributed by atoms with Gasteiger partial charge in [0.05, 0.1) is 0 Å². The van der Waals surface area contributed by atoms with Crippen molar-refractivity contribution in [1.82, 2.24) is 10.2 Å². The van der Waals surface area contributed by atoms with Gasteiger partial charge in [0, 0.05) is 18.2 Å². The molecule has 0 radical (unpaired) electrons. The van der Waals surface area contributed by atoms with Gasteiger partial charge in [-0.2, -0.15) is 0 Å². The molecular formula is C24H30N2O. The van der Waals surface area contributed by atoms with Crippen molar-refractivity contribution in [3.05, 3.63) is 60.2 Å². The number of carbonyl (C=O) groups is 1. The highest BCUT2D eigenvalue weighted by atomic mass is 16.1. The number of piperidine rings is 1. The number of nitrogens with one attached hydrogen (secondary N) is 1. The van der Waals surface area contributed by atoms with Crippen LogP contribution in [0.3, 0.4) is 0 Å². The summed E-state index contributed by atoms with van der Waals surface area (Å²) in [5.74, 6) is 0.669. The molecular weight excluding hydrogens is 332 g/mol. The Labute approximate surface area is 162 Å². The maximum atomic E-state index is 12.5. The van der Waals surface area contributed by atoms with Gasteiger partial charge in [0.2, 0.25) is 0 Å². The van der Waals surface area contributed by atoms with Crippen molar-refractivity contribution in [2.75, 3.05) is 19.6 Å². The molecule has 3 nitrogen and oxygen atoms in total. The first-order valence-corrected chi connectivity index (χ1v) is 10.5. The number of hydrogen-bond donors (Lipinski definition) is 1. The van der Waals surface area contributed by atoms with E-state index in [9.17, 15) is 4.79 Å². The first-order valence-electron chi connectivity index (χ1n) is 10.5. The van der Waals surface area contributed by atoms with Crippen LogP contribution in [0.2, 0.25) is 0 Å². The normalized spacial score (nSPS) is 19.3. The Balaban J connectivity index is 1.25. The average molecular weight is 363 g/mol. The maximum Gasteiger partial charge on any atom is 0.251 e. The van der Waals surface area contributed by atoms with Crippen LogP contribution in [0, 0.1) is 5.92 Å². The van der Waals surface area contributed by atoms with Crippen molar-refractivity contribution in [2.24, 2.45) is 5.92 Å². The third kappa shape index (κ3) is 4.59. The molecule has 2 fully saturated rings. The lowest BCUT2D eigenvalue weighted by molar-refractivity contribution is 0.0924. The first-order chi connectivity index (χ1) is 13.3. The molecule has 1 aliphatic carbocycles. The van der Waals surface area contributed by atoms with Crippen LogP contribution in [0.1, 0.15) is 48.9 Å². The average Bonchev–Trinajstić information content (AvgIpc) is 3.28. The Morgan fingerprint density at radius 3 is 2.15 bits per heavy atom. The van der Waals surface area contributed by atoms with Crippen molar-refractivity contribution in [1.29, 1.82) is 0 Å². The third-order valence-corrected chi connectivity index (χ3v) is 6.30. The molecule has 1 aliphatic heterocycles. The molecule has 0 atom stereocenters. The Hall–Kier alpha value is -2.13. The van der Waals surface area contributed by atoms with E-state index in [4.69, 9.17) is 0 Å². The number of nitrogens with zero attached hydrogens (tertiary/aromatic N) is 1. The molecule has 3 heteroatoms. The largest absolute Gasteiger partial charge is 0.352 e. The van der Waals surface area contributed by atoms with Crippen LogP contribution in [-0.2, 0) is 0 Å². The van der Waals surface area contributed by atoms with Crippen molar-refractivity contribution in [3.63, 3.8) is 0 Å². The molecule has 0 unspecified atom stereocenters. The number of likely N-dealkylation sites (tertiary alicyclic amines) is 1. The number of carbonyl (C=O) groups excluding carboxylic acids is 1. The van der Waals surface area contributed by atoms with Crippen molar-refractivity contribution in [2.45, 2.75) is 44.6 Å². The molecule has 1 N–H and O–H groups in total. The molecule has 2 aromatic rings. The van der Waals surface area contributed by atoms with Crippen LogP contribution >= 0.6 is 0 Å². The standard InChI is InChI=1S/C24H30N2O/c27-24(22-12-10-21(11-13-22)20-6-2-1-3-7-20)25-18-19-14-16-26(17-15-19)23-8-4-5-9-23/h1-3,6-7,10-13,19,23H,4-5,8-9,14-18H2,(H,25,27). The molecule has 1 saturated carbocycles. The second-order valence-electron chi connectivity index (χ2n) is 8.07. The summed E-state index contributed by atoms with van der Waals surface area (Å²) in [6.45, 7) is 3.21. The minimum absolute atomic E-state index is 0.0489. The van der Waals surface area contributed by atoms with Crippen LogP contribution in [-0.4, -0.2) is 36.5 Å². The zero-order valence-electron chi connectivity index (χ0n) is 16.1. The fourth-order valence-corrected chi connectivity index (χ4v) is 4.58. The van der Waals surface area contributed by atoms with Crippen molar-refractivity contribution < 1.29 is 4.79 Å². The van der Waals surface area contributed by atoms with Crippen LogP contribution in [0.4, 0.5) is 0 Å². The van der Waals surface area contributed by atoms with Gasteiger partial charge in [-0.15, -0.1) is 0 Å². The van der Waals surface area contributed by atoms with E-state index in [-0.39, 0.29) is 5.91 Å². The first kappa shape index (κ1) is 18.2. The van der Waals surface area contributed by atoms with E-state index in [1.54, 1.807) is 0 Å². The molecule has 2 aromatic carbocycles. The number of rotatable bonds is 5. The van der Waals surface area contributed by atoms with E-state index in [0.29, 0.717) is 5.92 Å². The summed E-state index contributed by atoms with van der Waals surface area (Å²) in [7, 11) is 0. The van der Waals surface area contributed by atoms with Crippen molar-refractivity contribution in [3.8, 4) is 11.1 Å². The van der Waals surface area contributed by atoms with E-state index in [1.165, 1.54) is 57.2 Å². The molecule has 1 amide bonds. The summed E-state index contributed by atoms with van der Waals surface area (Å²) in [6.07, 6.45) is 8.02. The van der Waals surface area contributed by atoms with Crippen LogP contribution in [0.25, 0.3) is 11.1 Å². The van der Waals surface area contributed by atoms with E-state index >= 15 is 0 Å². The van der Waals surface area contributed by atoms with Gasteiger partial charge in [0.1, 0.15) is 0 Å². The highest BCUT2D eigenvalue weighted by molar-refractivity contribution is 5.94. The van der Waals surface area contributed by atoms with E-state index in [1.807, 2.05) is 42.5 Å². The molecule has 2 aliphatic rings. The van der Waals surface area contributed by atoms with Gasteiger partial charge in [-0.3, -0.25) is 4.79 Å². The summed E-state index contributed by atoms with van der Waals surface area (Å²) < 4.78 is 0. The van der Waals surface area contributed by atoms with Crippen molar-refractivity contribution >= 4 is 5.91 Å². The van der Waals surface area contributed by atoms with E-state index in [2.05, 4.69) is 22.3 Å². The van der Waals surface area contributed by atoms with Crippen LogP contribution < -0.4 is 5.32 Å². The highest BCUT2D eigenvalue weighted by Crippen LogP contribution is 2.27. The third-order valence-electron chi connectivity index (χ3n) is 6.30. The van der Waals surface area contributed by atoms with Gasteiger partial charge in [-0.25, -0.2) is 0 Å². The van der Waals surface area contributed by atoms with E-state index < -0.39 is 0 Å². The second kappa shape index (κ2) is 8.71. The summed E-state index contributed by atoms with van der Waals surface area (Å²) in [6, 6.07) is 19.0. The predicted octanol–water partition coefficient (Wildman–Crippen LogP) is 4.74. The van der Waals surface area contributed by atoms with Crippen LogP contribution in [0.5, 0.6) is 0 Å². The Kier molecular flexibility index (Phi) is 5.88. The van der Waals surface area contributed by atoms with Gasteiger partial charge < -0.3 is 10.2 Å². The van der Waals surface area contributed by atoms with Gasteiger partial charge in [0.15, 0.2) is 0 Å². The minimum atomic E-state index is 0.0489. The summed E-state index contributed by atoms with van der Waals surface area (Å²) in [5, 5.41) is 3.15. The highest BCUT2D eigenvalue weighted by Gasteiger charge is 2.27. The monoisotopic (exact) mass is 362 g/mol. The smallest absolute Gasteiger partial charge is 0.251 e. The summed E-state index contributed by atoms with van der Waals surface area (Å²) in [5.41, 5.74) is 3.07. The maximum absolute atomic E-state index is 12.5.